The molecule has 0 saturated carbocycles. The maximum Gasteiger partial charge on any atom is 0.193 e. The van der Waals surface area contributed by atoms with Gasteiger partial charge in [-0.05, 0) is 33.4 Å². The van der Waals surface area contributed by atoms with Crippen molar-refractivity contribution in [2.24, 2.45) is 0 Å². The smallest absolute Gasteiger partial charge is 0.193 e. The lowest BCUT2D eigenvalue weighted by Crippen LogP contribution is -2.40. The van der Waals surface area contributed by atoms with Crippen LogP contribution in [-0.4, -0.2) is 38.0 Å². The number of carboxylic acid groups (broad SMARTS) is 2. The predicted octanol–water partition coefficient (Wildman–Crippen LogP) is 2.69. The molecule has 1 aliphatic carbocycles. The maximum absolute atomic E-state index is 13.5. The van der Waals surface area contributed by atoms with E-state index < -0.39 is 30.2 Å². The molecule has 2 amide bonds. The fourth-order valence-corrected chi connectivity index (χ4v) is 5.23. The Hall–Kier alpha value is -4.99. The lowest BCUT2D eigenvalue weighted by Gasteiger charge is -2.26. The molecule has 0 saturated heterocycles. The standard InChI is InChI=1S/C33H30N2O7/c36-29-25-13-11-23(19-34(32(39)40)17-21-7-3-1-4-8-21)15-27(25)30(37)31(38)28-16-24(12-14-26(28)29)20-35(33(41)42)18-22-9-5-2-6-10-22/h1-16,30-31,37-38H,17-20H2,(H,39,40)(H,41,42)/p-2/t30-,31-/m0/s1. The minimum atomic E-state index is -1.49. The largest absolute Gasteiger partial charge is 0.530 e. The van der Waals surface area contributed by atoms with Crippen LogP contribution in [0.25, 0.3) is 0 Å². The first kappa shape index (κ1) is 28.5. The molecule has 4 aromatic carbocycles. The second-order valence-electron chi connectivity index (χ2n) is 10.3. The Labute approximate surface area is 242 Å². The van der Waals surface area contributed by atoms with Gasteiger partial charge in [0.1, 0.15) is 24.4 Å². The van der Waals surface area contributed by atoms with E-state index in [4.69, 9.17) is 0 Å². The van der Waals surface area contributed by atoms with E-state index in [1.165, 1.54) is 24.3 Å². The molecular formula is C33H28N2O7-2. The van der Waals surface area contributed by atoms with Crippen molar-refractivity contribution in [1.82, 2.24) is 9.80 Å². The van der Waals surface area contributed by atoms with E-state index in [9.17, 15) is 34.8 Å². The molecule has 214 valence electrons. The average Bonchev–Trinajstić information content (AvgIpc) is 3.06. The summed E-state index contributed by atoms with van der Waals surface area (Å²) in [6.45, 7) is 0.0651. The number of benzene rings is 4. The van der Waals surface area contributed by atoms with Crippen LogP contribution in [0.3, 0.4) is 0 Å². The normalized spacial score (nSPS) is 15.7. The van der Waals surface area contributed by atoms with E-state index in [0.29, 0.717) is 11.1 Å². The molecule has 2 atom stereocenters. The number of hydrogen-bond donors (Lipinski definition) is 2. The van der Waals surface area contributed by atoms with Crippen molar-refractivity contribution in [3.8, 4) is 0 Å². The van der Waals surface area contributed by atoms with Crippen molar-refractivity contribution in [3.63, 3.8) is 0 Å². The van der Waals surface area contributed by atoms with Crippen LogP contribution in [0, 0.1) is 0 Å². The van der Waals surface area contributed by atoms with Gasteiger partial charge in [-0.3, -0.25) is 4.79 Å². The fourth-order valence-electron chi connectivity index (χ4n) is 5.23. The Morgan fingerprint density at radius 2 is 0.929 bits per heavy atom. The van der Waals surface area contributed by atoms with Gasteiger partial charge >= 0.3 is 0 Å². The molecule has 0 heterocycles. The highest BCUT2D eigenvalue weighted by Crippen LogP contribution is 2.38. The van der Waals surface area contributed by atoms with Gasteiger partial charge in [-0.1, -0.05) is 97.1 Å². The second-order valence-corrected chi connectivity index (χ2v) is 10.3. The number of carbonyl (C=O) groups is 3. The quantitative estimate of drug-likeness (QED) is 0.335. The van der Waals surface area contributed by atoms with Crippen LogP contribution in [0.4, 0.5) is 9.59 Å². The molecule has 2 N–H and O–H groups in total. The van der Waals surface area contributed by atoms with Crippen molar-refractivity contribution >= 4 is 18.0 Å². The van der Waals surface area contributed by atoms with Crippen molar-refractivity contribution in [2.45, 2.75) is 38.4 Å². The summed E-state index contributed by atoms with van der Waals surface area (Å²) in [4.78, 5) is 39.5. The van der Waals surface area contributed by atoms with Crippen molar-refractivity contribution in [2.75, 3.05) is 0 Å². The molecule has 0 aromatic heterocycles. The zero-order chi connectivity index (χ0) is 29.8. The van der Waals surface area contributed by atoms with Gasteiger partial charge in [-0.15, -0.1) is 0 Å². The van der Waals surface area contributed by atoms with Crippen molar-refractivity contribution in [1.29, 1.82) is 0 Å². The van der Waals surface area contributed by atoms with Crippen LogP contribution < -0.4 is 10.2 Å². The third-order valence-corrected chi connectivity index (χ3v) is 7.35. The monoisotopic (exact) mass is 564 g/mol. The molecule has 1 aliphatic rings. The van der Waals surface area contributed by atoms with Crippen LogP contribution in [0.1, 0.15) is 61.5 Å². The Morgan fingerprint density at radius 1 is 0.571 bits per heavy atom. The molecule has 0 aliphatic heterocycles. The van der Waals surface area contributed by atoms with Gasteiger partial charge in [0.15, 0.2) is 5.78 Å². The van der Waals surface area contributed by atoms with Gasteiger partial charge < -0.3 is 39.8 Å². The summed E-state index contributed by atoms with van der Waals surface area (Å²) in [5.74, 6) is -0.421. The van der Waals surface area contributed by atoms with Crippen molar-refractivity contribution < 1.29 is 34.8 Å². The van der Waals surface area contributed by atoms with E-state index in [-0.39, 0.29) is 48.4 Å². The molecule has 0 fully saturated rings. The van der Waals surface area contributed by atoms with E-state index in [1.54, 1.807) is 60.7 Å². The topological polar surface area (TPSA) is 144 Å². The molecule has 9 heteroatoms. The number of ketones is 1. The SMILES string of the molecule is O=C1c2ccc(CN(Cc3ccccc3)C(=O)[O-])cc2[C@H](O)[C@@H](O)c2cc(CN(Cc3ccccc3)C(=O)[O-])ccc21. The fraction of sp³-hybridized carbons (Fsp3) is 0.182. The number of nitrogens with zero attached hydrogens (tertiary/aromatic N) is 2. The lowest BCUT2D eigenvalue weighted by molar-refractivity contribution is -0.268. The first-order valence-corrected chi connectivity index (χ1v) is 13.4. The lowest BCUT2D eigenvalue weighted by atomic mass is 9.95. The summed E-state index contributed by atoms with van der Waals surface area (Å²) in [5, 5.41) is 46.0. The molecule has 0 spiro atoms. The zero-order valence-corrected chi connectivity index (χ0v) is 22.6. The zero-order valence-electron chi connectivity index (χ0n) is 22.6. The first-order chi connectivity index (χ1) is 20.2. The predicted molar refractivity (Wildman–Crippen MR) is 148 cm³/mol. The highest BCUT2D eigenvalue weighted by atomic mass is 16.4. The summed E-state index contributed by atoms with van der Waals surface area (Å²) in [6.07, 6.45) is -5.73. The first-order valence-electron chi connectivity index (χ1n) is 13.4. The summed E-state index contributed by atoms with van der Waals surface area (Å²) in [6, 6.07) is 27.3. The second kappa shape index (κ2) is 12.3. The van der Waals surface area contributed by atoms with Gasteiger partial charge in [-0.2, -0.15) is 0 Å². The Bertz CT molecular complexity index is 1490. The minimum Gasteiger partial charge on any atom is -0.530 e. The van der Waals surface area contributed by atoms with Crippen LogP contribution in [0.15, 0.2) is 97.1 Å². The molecule has 0 unspecified atom stereocenters. The number of fused-ring (bicyclic) bond motifs is 2. The average molecular weight is 565 g/mol. The highest BCUT2D eigenvalue weighted by molar-refractivity contribution is 6.11. The van der Waals surface area contributed by atoms with Crippen molar-refractivity contribution in [3.05, 3.63) is 142 Å². The van der Waals surface area contributed by atoms with E-state index >= 15 is 0 Å². The van der Waals surface area contributed by atoms with E-state index in [0.717, 1.165) is 20.9 Å². The van der Waals surface area contributed by atoms with Crippen LogP contribution in [0.5, 0.6) is 0 Å². The summed E-state index contributed by atoms with van der Waals surface area (Å²) >= 11 is 0. The Kier molecular flexibility index (Phi) is 8.33. The summed E-state index contributed by atoms with van der Waals surface area (Å²) in [7, 11) is 0. The molecular weight excluding hydrogens is 536 g/mol. The van der Waals surface area contributed by atoms with Gasteiger partial charge in [0.2, 0.25) is 0 Å². The van der Waals surface area contributed by atoms with E-state index in [1.807, 2.05) is 12.1 Å². The van der Waals surface area contributed by atoms with Gasteiger partial charge in [0, 0.05) is 37.3 Å². The maximum atomic E-state index is 13.5. The summed E-state index contributed by atoms with van der Waals surface area (Å²) < 4.78 is 0. The number of rotatable bonds is 8. The number of carbonyl (C=O) groups excluding carboxylic acids is 3. The molecule has 0 radical (unpaired) electrons. The highest BCUT2D eigenvalue weighted by Gasteiger charge is 2.33. The number of aliphatic hydroxyl groups excluding tert-OH is 2. The Balaban J connectivity index is 1.40. The third kappa shape index (κ3) is 6.17. The van der Waals surface area contributed by atoms with Gasteiger partial charge in [-0.25, -0.2) is 0 Å². The van der Waals surface area contributed by atoms with Crippen LogP contribution >= 0.6 is 0 Å². The number of aliphatic hydroxyl groups is 2. The number of hydrogen-bond acceptors (Lipinski definition) is 7. The minimum absolute atomic E-state index is 0.0565. The molecule has 4 aromatic rings. The molecule has 5 rings (SSSR count). The molecule has 9 nitrogen and oxygen atoms in total. The molecule has 42 heavy (non-hydrogen) atoms. The Morgan fingerprint density at radius 3 is 1.29 bits per heavy atom. The van der Waals surface area contributed by atoms with Gasteiger partial charge in [0.05, 0.1) is 0 Å². The van der Waals surface area contributed by atoms with Gasteiger partial charge in [0.25, 0.3) is 0 Å². The van der Waals surface area contributed by atoms with Crippen LogP contribution in [-0.2, 0) is 26.2 Å². The van der Waals surface area contributed by atoms with E-state index in [2.05, 4.69) is 0 Å². The van der Waals surface area contributed by atoms with Crippen LogP contribution in [0.2, 0.25) is 0 Å². The summed E-state index contributed by atoms with van der Waals surface area (Å²) in [5.41, 5.74) is 3.25. The number of amides is 2. The molecule has 0 bridgehead atoms. The third-order valence-electron chi connectivity index (χ3n) is 7.35.